The van der Waals surface area contributed by atoms with Crippen LogP contribution in [0.4, 0.5) is 0 Å². The lowest BCUT2D eigenvalue weighted by Gasteiger charge is -2.39. The molecule has 18 heavy (non-hydrogen) atoms. The lowest BCUT2D eigenvalue weighted by atomic mass is 9.74. The normalized spacial score (nSPS) is 35.1. The fourth-order valence-electron chi connectivity index (χ4n) is 3.28. The molecule has 0 bridgehead atoms. The minimum Gasteiger partial charge on any atom is -0.342 e. The molecule has 2 atom stereocenters. The molecule has 1 amide bonds. The van der Waals surface area contributed by atoms with Gasteiger partial charge < -0.3 is 10.6 Å². The molecule has 2 unspecified atom stereocenters. The Hall–Kier alpha value is -0.280. The first-order chi connectivity index (χ1) is 7.82. The van der Waals surface area contributed by atoms with E-state index in [4.69, 9.17) is 5.73 Å². The van der Waals surface area contributed by atoms with E-state index in [-0.39, 0.29) is 29.3 Å². The van der Waals surface area contributed by atoms with E-state index >= 15 is 0 Å². The molecular weight excluding hydrogens is 248 g/mol. The summed E-state index contributed by atoms with van der Waals surface area (Å²) in [6.45, 7) is 8.35. The van der Waals surface area contributed by atoms with Gasteiger partial charge in [-0.1, -0.05) is 26.7 Å². The van der Waals surface area contributed by atoms with Crippen LogP contribution in [-0.4, -0.2) is 29.4 Å². The number of nitrogens with zero attached hydrogens (tertiary/aromatic N) is 1. The van der Waals surface area contributed by atoms with Gasteiger partial charge in [-0.05, 0) is 31.6 Å². The second-order valence-corrected chi connectivity index (χ2v) is 6.98. The van der Waals surface area contributed by atoms with E-state index < -0.39 is 0 Å². The summed E-state index contributed by atoms with van der Waals surface area (Å²) in [6.07, 6.45) is 5.40. The van der Waals surface area contributed by atoms with Crippen LogP contribution in [0.25, 0.3) is 0 Å². The molecule has 1 aliphatic carbocycles. The number of likely N-dealkylation sites (tertiary alicyclic amines) is 1. The zero-order valence-corrected chi connectivity index (χ0v) is 12.7. The van der Waals surface area contributed by atoms with Crippen molar-refractivity contribution >= 4 is 18.3 Å². The van der Waals surface area contributed by atoms with Gasteiger partial charge in [-0.2, -0.15) is 0 Å². The second kappa shape index (κ2) is 5.38. The first-order valence-electron chi connectivity index (χ1n) is 6.90. The van der Waals surface area contributed by atoms with Crippen LogP contribution in [0.2, 0.25) is 0 Å². The van der Waals surface area contributed by atoms with Crippen molar-refractivity contribution in [2.24, 2.45) is 17.1 Å². The molecular formula is C14H27ClN2O. The molecule has 1 aliphatic heterocycles. The van der Waals surface area contributed by atoms with Gasteiger partial charge in [-0.15, -0.1) is 12.4 Å². The molecule has 4 heteroatoms. The Morgan fingerprint density at radius 2 is 1.89 bits per heavy atom. The molecule has 2 rings (SSSR count). The average Bonchev–Trinajstić information content (AvgIpc) is 2.57. The van der Waals surface area contributed by atoms with Gasteiger partial charge >= 0.3 is 0 Å². The smallest absolute Gasteiger partial charge is 0.227 e. The molecule has 0 aromatic rings. The number of rotatable bonds is 1. The molecule has 106 valence electrons. The van der Waals surface area contributed by atoms with Crippen LogP contribution in [0.5, 0.6) is 0 Å². The molecule has 0 radical (unpaired) electrons. The molecule has 1 heterocycles. The van der Waals surface area contributed by atoms with Crippen molar-refractivity contribution < 1.29 is 4.79 Å². The first-order valence-corrected chi connectivity index (χ1v) is 6.90. The van der Waals surface area contributed by atoms with Gasteiger partial charge in [0.2, 0.25) is 5.91 Å². The molecule has 3 nitrogen and oxygen atoms in total. The third kappa shape index (κ3) is 3.18. The van der Waals surface area contributed by atoms with Crippen molar-refractivity contribution in [2.75, 3.05) is 13.1 Å². The molecule has 0 spiro atoms. The third-order valence-corrected chi connectivity index (χ3v) is 4.54. The van der Waals surface area contributed by atoms with Gasteiger partial charge in [0.15, 0.2) is 0 Å². The summed E-state index contributed by atoms with van der Waals surface area (Å²) in [5.74, 6) is 0.352. The number of hydrogen-bond donors (Lipinski definition) is 1. The Morgan fingerprint density at radius 1 is 1.22 bits per heavy atom. The standard InChI is InChI=1S/C14H26N2O.ClH/c1-13(2)8-9-16(10-13)12(17)11-6-4-5-7-14(11,3)15;/h11H,4-10,15H2,1-3H3;1H. The van der Waals surface area contributed by atoms with Crippen LogP contribution in [0.15, 0.2) is 0 Å². The number of halogens is 1. The fraction of sp³-hybridized carbons (Fsp3) is 0.929. The van der Waals surface area contributed by atoms with Crippen LogP contribution in [0.1, 0.15) is 52.9 Å². The summed E-state index contributed by atoms with van der Waals surface area (Å²) in [5.41, 5.74) is 6.31. The fourth-order valence-corrected chi connectivity index (χ4v) is 3.28. The maximum Gasteiger partial charge on any atom is 0.227 e. The molecule has 0 aromatic heterocycles. The summed E-state index contributed by atoms with van der Waals surface area (Å²) in [6, 6.07) is 0. The van der Waals surface area contributed by atoms with Crippen molar-refractivity contribution in [3.63, 3.8) is 0 Å². The highest BCUT2D eigenvalue weighted by Gasteiger charge is 2.42. The number of nitrogens with two attached hydrogens (primary N) is 1. The highest BCUT2D eigenvalue weighted by atomic mass is 35.5. The van der Waals surface area contributed by atoms with Crippen molar-refractivity contribution in [1.82, 2.24) is 4.90 Å². The minimum absolute atomic E-state index is 0. The van der Waals surface area contributed by atoms with E-state index in [1.165, 1.54) is 6.42 Å². The summed E-state index contributed by atoms with van der Waals surface area (Å²) < 4.78 is 0. The van der Waals surface area contributed by atoms with Gasteiger partial charge in [-0.3, -0.25) is 4.79 Å². The second-order valence-electron chi connectivity index (χ2n) is 6.98. The van der Waals surface area contributed by atoms with E-state index in [0.717, 1.165) is 38.8 Å². The van der Waals surface area contributed by atoms with Gasteiger partial charge in [-0.25, -0.2) is 0 Å². The Morgan fingerprint density at radius 3 is 2.39 bits per heavy atom. The maximum absolute atomic E-state index is 12.5. The molecule has 1 saturated carbocycles. The number of hydrogen-bond acceptors (Lipinski definition) is 2. The van der Waals surface area contributed by atoms with Crippen molar-refractivity contribution in [3.8, 4) is 0 Å². The van der Waals surface area contributed by atoms with E-state index in [1.54, 1.807) is 0 Å². The lowest BCUT2D eigenvalue weighted by molar-refractivity contribution is -0.138. The zero-order valence-electron chi connectivity index (χ0n) is 11.9. The summed E-state index contributed by atoms with van der Waals surface area (Å²) in [5, 5.41) is 0. The van der Waals surface area contributed by atoms with Gasteiger partial charge in [0.1, 0.15) is 0 Å². The lowest BCUT2D eigenvalue weighted by Crippen LogP contribution is -2.53. The highest BCUT2D eigenvalue weighted by molar-refractivity contribution is 5.85. The maximum atomic E-state index is 12.5. The van der Waals surface area contributed by atoms with E-state index in [0.29, 0.717) is 5.91 Å². The molecule has 2 N–H and O–H groups in total. The summed E-state index contributed by atoms with van der Waals surface area (Å²) in [7, 11) is 0. The average molecular weight is 275 g/mol. The summed E-state index contributed by atoms with van der Waals surface area (Å²) >= 11 is 0. The van der Waals surface area contributed by atoms with E-state index in [1.807, 2.05) is 4.90 Å². The predicted octanol–water partition coefficient (Wildman–Crippen LogP) is 2.57. The quantitative estimate of drug-likeness (QED) is 0.799. The monoisotopic (exact) mass is 274 g/mol. The molecule has 2 fully saturated rings. The van der Waals surface area contributed by atoms with Crippen LogP contribution in [0.3, 0.4) is 0 Å². The Labute approximate surface area is 117 Å². The van der Waals surface area contributed by atoms with Crippen molar-refractivity contribution in [2.45, 2.75) is 58.4 Å². The molecule has 1 saturated heterocycles. The number of carbonyl (C=O) groups excluding carboxylic acids is 1. The van der Waals surface area contributed by atoms with E-state index in [2.05, 4.69) is 20.8 Å². The first kappa shape index (κ1) is 15.8. The Bertz CT molecular complexity index is 315. The van der Waals surface area contributed by atoms with Crippen LogP contribution in [0, 0.1) is 11.3 Å². The van der Waals surface area contributed by atoms with Gasteiger partial charge in [0, 0.05) is 18.6 Å². The largest absolute Gasteiger partial charge is 0.342 e. The van der Waals surface area contributed by atoms with Crippen LogP contribution >= 0.6 is 12.4 Å². The Balaban J connectivity index is 0.00000162. The van der Waals surface area contributed by atoms with Crippen LogP contribution in [-0.2, 0) is 4.79 Å². The highest BCUT2D eigenvalue weighted by Crippen LogP contribution is 2.36. The number of carbonyl (C=O) groups is 1. The van der Waals surface area contributed by atoms with Crippen molar-refractivity contribution in [3.05, 3.63) is 0 Å². The summed E-state index contributed by atoms with van der Waals surface area (Å²) in [4.78, 5) is 14.6. The Kier molecular flexibility index (Phi) is 4.71. The molecule has 2 aliphatic rings. The third-order valence-electron chi connectivity index (χ3n) is 4.54. The van der Waals surface area contributed by atoms with E-state index in [9.17, 15) is 4.79 Å². The van der Waals surface area contributed by atoms with Crippen molar-refractivity contribution in [1.29, 1.82) is 0 Å². The van der Waals surface area contributed by atoms with Crippen LogP contribution < -0.4 is 5.73 Å². The van der Waals surface area contributed by atoms with Gasteiger partial charge in [0.05, 0.1) is 5.92 Å². The van der Waals surface area contributed by atoms with Gasteiger partial charge in [0.25, 0.3) is 0 Å². The number of amides is 1. The topological polar surface area (TPSA) is 46.3 Å². The predicted molar refractivity (Wildman–Crippen MR) is 76.8 cm³/mol. The molecule has 0 aromatic carbocycles. The SMILES string of the molecule is CC1(C)CCN(C(=O)C2CCCCC2(C)N)C1.Cl. The minimum atomic E-state index is -0.290. The zero-order chi connectivity index (χ0) is 12.7.